The molecular weight excluding hydrogens is 432 g/mol. The monoisotopic (exact) mass is 460 g/mol. The third kappa shape index (κ3) is 5.16. The summed E-state index contributed by atoms with van der Waals surface area (Å²) >= 11 is 1.51. The third-order valence-electron chi connectivity index (χ3n) is 5.95. The van der Waals surface area contributed by atoms with E-state index in [0.29, 0.717) is 34.3 Å². The number of aromatic nitrogens is 1. The average molecular weight is 461 g/mol. The summed E-state index contributed by atoms with van der Waals surface area (Å²) in [4.78, 5) is 4.90. The van der Waals surface area contributed by atoms with E-state index in [1.54, 1.807) is 14.2 Å². The van der Waals surface area contributed by atoms with Gasteiger partial charge in [-0.25, -0.2) is 4.98 Å². The number of methoxy groups -OCH3 is 2. The number of aliphatic hydroxyl groups is 1. The minimum Gasteiger partial charge on any atom is -0.497 e. The summed E-state index contributed by atoms with van der Waals surface area (Å²) in [6.07, 6.45) is 5.33. The van der Waals surface area contributed by atoms with Crippen LogP contribution in [0.5, 0.6) is 11.5 Å². The lowest BCUT2D eigenvalue weighted by molar-refractivity contribution is 0.296. The highest BCUT2D eigenvalue weighted by Crippen LogP contribution is 2.38. The van der Waals surface area contributed by atoms with Crippen molar-refractivity contribution in [2.75, 3.05) is 26.6 Å². The Hall–Kier alpha value is -3.01. The SMILES string of the molecule is COc1cc(OC)cc(-c2cc(-c3ccc4c(c3)CCCC4)nc(SCCCO)c2C#N)c1. The number of pyridine rings is 1. The fourth-order valence-corrected chi connectivity index (χ4v) is 5.13. The number of benzene rings is 2. The van der Waals surface area contributed by atoms with Gasteiger partial charge in [-0.3, -0.25) is 0 Å². The number of aliphatic hydroxyl groups excluding tert-OH is 1. The van der Waals surface area contributed by atoms with Crippen LogP contribution in [0.2, 0.25) is 0 Å². The predicted molar refractivity (Wildman–Crippen MR) is 132 cm³/mol. The Bertz CT molecular complexity index is 1160. The van der Waals surface area contributed by atoms with Crippen LogP contribution < -0.4 is 9.47 Å². The summed E-state index contributed by atoms with van der Waals surface area (Å²) in [5.74, 6) is 2.01. The van der Waals surface area contributed by atoms with Gasteiger partial charge in [0.25, 0.3) is 0 Å². The molecule has 1 N–H and O–H groups in total. The number of hydrogen-bond donors (Lipinski definition) is 1. The first-order valence-corrected chi connectivity index (χ1v) is 12.2. The van der Waals surface area contributed by atoms with Crippen molar-refractivity contribution in [2.24, 2.45) is 0 Å². The fourth-order valence-electron chi connectivity index (χ4n) is 4.20. The highest BCUT2D eigenvalue weighted by atomic mass is 32.2. The maximum absolute atomic E-state index is 10.1. The van der Waals surface area contributed by atoms with Crippen LogP contribution in [0.25, 0.3) is 22.4 Å². The molecule has 1 aromatic heterocycles. The summed E-state index contributed by atoms with van der Waals surface area (Å²) in [5.41, 5.74) is 6.87. The van der Waals surface area contributed by atoms with Crippen molar-refractivity contribution in [3.8, 4) is 40.0 Å². The van der Waals surface area contributed by atoms with E-state index >= 15 is 0 Å². The van der Waals surface area contributed by atoms with Crippen molar-refractivity contribution in [1.29, 1.82) is 5.26 Å². The molecule has 0 atom stereocenters. The average Bonchev–Trinajstić information content (AvgIpc) is 2.87. The molecular formula is C27H28N2O3S. The molecule has 0 radical (unpaired) electrons. The molecule has 33 heavy (non-hydrogen) atoms. The van der Waals surface area contributed by atoms with Crippen LogP contribution >= 0.6 is 11.8 Å². The number of fused-ring (bicyclic) bond motifs is 1. The lowest BCUT2D eigenvalue weighted by Crippen LogP contribution is -2.03. The van der Waals surface area contributed by atoms with Crippen LogP contribution in [0.1, 0.15) is 36.0 Å². The topological polar surface area (TPSA) is 75.4 Å². The van der Waals surface area contributed by atoms with E-state index < -0.39 is 0 Å². The molecule has 0 saturated heterocycles. The molecule has 6 heteroatoms. The largest absolute Gasteiger partial charge is 0.497 e. The Morgan fingerprint density at radius 1 is 0.970 bits per heavy atom. The number of nitriles is 1. The van der Waals surface area contributed by atoms with Gasteiger partial charge in [-0.05, 0) is 73.1 Å². The van der Waals surface area contributed by atoms with Crippen LogP contribution in [0.3, 0.4) is 0 Å². The summed E-state index contributed by atoms with van der Waals surface area (Å²) in [5, 5.41) is 20.0. The Morgan fingerprint density at radius 3 is 2.36 bits per heavy atom. The highest BCUT2D eigenvalue weighted by Gasteiger charge is 2.18. The van der Waals surface area contributed by atoms with Crippen molar-refractivity contribution in [1.82, 2.24) is 4.98 Å². The summed E-state index contributed by atoms with van der Waals surface area (Å²) in [6.45, 7) is 0.110. The number of aryl methyl sites for hydroxylation is 2. The molecule has 0 saturated carbocycles. The fraction of sp³-hybridized carbons (Fsp3) is 0.333. The van der Waals surface area contributed by atoms with E-state index in [1.807, 2.05) is 24.3 Å². The maximum Gasteiger partial charge on any atom is 0.123 e. The number of hydrogen-bond acceptors (Lipinski definition) is 6. The van der Waals surface area contributed by atoms with Gasteiger partial charge in [0, 0.05) is 29.6 Å². The van der Waals surface area contributed by atoms with Gasteiger partial charge in [-0.15, -0.1) is 11.8 Å². The van der Waals surface area contributed by atoms with Crippen molar-refractivity contribution in [2.45, 2.75) is 37.1 Å². The first-order chi connectivity index (χ1) is 16.2. The standard InChI is InChI=1S/C27H28N2O3S/c1-31-22-13-21(14-23(15-22)32-2)24-16-26(29-27(25(24)17-28)33-11-5-10-30)20-9-8-18-6-3-4-7-19(18)12-20/h8-9,12-16,30H,3-7,10-11H2,1-2H3. The lowest BCUT2D eigenvalue weighted by atomic mass is 9.89. The van der Waals surface area contributed by atoms with Crippen LogP contribution in [-0.4, -0.2) is 36.7 Å². The third-order valence-corrected chi connectivity index (χ3v) is 7.01. The first-order valence-electron chi connectivity index (χ1n) is 11.2. The van der Waals surface area contributed by atoms with Crippen molar-refractivity contribution >= 4 is 11.8 Å². The number of nitrogens with zero attached hydrogens (tertiary/aromatic N) is 2. The zero-order chi connectivity index (χ0) is 23.2. The normalized spacial score (nSPS) is 12.7. The molecule has 0 fully saturated rings. The Kier molecular flexibility index (Phi) is 7.54. The molecule has 2 aromatic carbocycles. The van der Waals surface area contributed by atoms with Crippen molar-refractivity contribution in [3.63, 3.8) is 0 Å². The summed E-state index contributed by atoms with van der Waals surface area (Å²) in [7, 11) is 3.23. The Morgan fingerprint density at radius 2 is 1.70 bits per heavy atom. The van der Waals surface area contributed by atoms with Crippen LogP contribution in [-0.2, 0) is 12.8 Å². The molecule has 3 aromatic rings. The van der Waals surface area contributed by atoms with E-state index in [1.165, 1.54) is 35.7 Å². The Labute approximate surface area is 199 Å². The molecule has 0 unspecified atom stereocenters. The van der Waals surface area contributed by atoms with Gasteiger partial charge in [0.1, 0.15) is 22.6 Å². The zero-order valence-corrected chi connectivity index (χ0v) is 19.9. The Balaban J connectivity index is 1.88. The molecule has 0 aliphatic heterocycles. The first kappa shape index (κ1) is 23.2. The van der Waals surface area contributed by atoms with Crippen LogP contribution in [0.15, 0.2) is 47.5 Å². The molecule has 1 heterocycles. The zero-order valence-electron chi connectivity index (χ0n) is 19.1. The molecule has 0 amide bonds. The highest BCUT2D eigenvalue weighted by molar-refractivity contribution is 7.99. The van der Waals surface area contributed by atoms with Gasteiger partial charge in [0.2, 0.25) is 0 Å². The van der Waals surface area contributed by atoms with Gasteiger partial charge in [-0.1, -0.05) is 12.1 Å². The van der Waals surface area contributed by atoms with E-state index in [4.69, 9.17) is 14.5 Å². The second-order valence-electron chi connectivity index (χ2n) is 8.06. The van der Waals surface area contributed by atoms with Crippen molar-refractivity contribution in [3.05, 3.63) is 59.2 Å². The van der Waals surface area contributed by atoms with E-state index in [9.17, 15) is 10.4 Å². The van der Waals surface area contributed by atoms with E-state index in [0.717, 1.165) is 35.2 Å². The second-order valence-corrected chi connectivity index (χ2v) is 9.15. The number of rotatable bonds is 8. The molecule has 4 rings (SSSR count). The number of thioether (sulfide) groups is 1. The van der Waals surface area contributed by atoms with Gasteiger partial charge < -0.3 is 14.6 Å². The van der Waals surface area contributed by atoms with E-state index in [2.05, 4.69) is 24.3 Å². The smallest absolute Gasteiger partial charge is 0.123 e. The molecule has 1 aliphatic rings. The van der Waals surface area contributed by atoms with Crippen LogP contribution in [0, 0.1) is 11.3 Å². The molecule has 0 spiro atoms. The summed E-state index contributed by atoms with van der Waals surface area (Å²) < 4.78 is 10.9. The molecule has 1 aliphatic carbocycles. The minimum atomic E-state index is 0.110. The number of ether oxygens (including phenoxy) is 2. The molecule has 0 bridgehead atoms. The van der Waals surface area contributed by atoms with Gasteiger partial charge in [0.15, 0.2) is 0 Å². The van der Waals surface area contributed by atoms with Gasteiger partial charge in [-0.2, -0.15) is 5.26 Å². The maximum atomic E-state index is 10.1. The predicted octanol–water partition coefficient (Wildman–Crippen LogP) is 5.66. The summed E-state index contributed by atoms with van der Waals surface area (Å²) in [6, 6.07) is 16.6. The quantitative estimate of drug-likeness (QED) is 0.345. The molecule has 170 valence electrons. The minimum absolute atomic E-state index is 0.110. The van der Waals surface area contributed by atoms with Crippen molar-refractivity contribution < 1.29 is 14.6 Å². The van der Waals surface area contributed by atoms with Crippen LogP contribution in [0.4, 0.5) is 0 Å². The van der Waals surface area contributed by atoms with E-state index in [-0.39, 0.29) is 6.61 Å². The molecule has 5 nitrogen and oxygen atoms in total. The second kappa shape index (κ2) is 10.7. The van der Waals surface area contributed by atoms with Gasteiger partial charge in [0.05, 0.1) is 25.5 Å². The van der Waals surface area contributed by atoms with Gasteiger partial charge >= 0.3 is 0 Å². The lowest BCUT2D eigenvalue weighted by Gasteiger charge is -2.18.